The third-order valence-electron chi connectivity index (χ3n) is 3.55. The summed E-state index contributed by atoms with van der Waals surface area (Å²) >= 11 is 0. The Hall–Kier alpha value is -1.02. The van der Waals surface area contributed by atoms with E-state index in [1.165, 1.54) is 11.3 Å². The maximum absolute atomic E-state index is 9.76. The fourth-order valence-electron chi connectivity index (χ4n) is 2.17. The maximum Gasteiger partial charge on any atom is 0.0608 e. The number of rotatable bonds is 3. The number of aliphatic hydroxyl groups excluding tert-OH is 1. The van der Waals surface area contributed by atoms with Crippen LogP contribution >= 0.6 is 0 Å². The molecule has 0 aliphatic heterocycles. The molecule has 1 fully saturated rings. The van der Waals surface area contributed by atoms with Crippen LogP contribution in [-0.4, -0.2) is 25.3 Å². The Morgan fingerprint density at radius 3 is 2.07 bits per heavy atom. The van der Waals surface area contributed by atoms with E-state index in [4.69, 9.17) is 0 Å². The minimum Gasteiger partial charge on any atom is -0.392 e. The normalized spacial score (nSPS) is 19.7. The van der Waals surface area contributed by atoms with Gasteiger partial charge in [0.2, 0.25) is 0 Å². The average molecular weight is 205 g/mol. The van der Waals surface area contributed by atoms with Crippen molar-refractivity contribution in [1.29, 1.82) is 0 Å². The highest BCUT2D eigenvalue weighted by atomic mass is 16.3. The smallest absolute Gasteiger partial charge is 0.0608 e. The highest BCUT2D eigenvalue weighted by Gasteiger charge is 2.48. The molecule has 0 saturated heterocycles. The van der Waals surface area contributed by atoms with Gasteiger partial charge in [0.1, 0.15) is 0 Å². The molecule has 0 aromatic heterocycles. The molecule has 0 bridgehead atoms. The largest absolute Gasteiger partial charge is 0.392 e. The van der Waals surface area contributed by atoms with Crippen LogP contribution in [0, 0.1) is 0 Å². The molecule has 0 heterocycles. The van der Waals surface area contributed by atoms with Crippen LogP contribution in [0.25, 0.3) is 0 Å². The second-order valence-electron chi connectivity index (χ2n) is 4.77. The van der Waals surface area contributed by atoms with E-state index >= 15 is 0 Å². The molecule has 2 heteroatoms. The first-order valence-electron chi connectivity index (χ1n) is 5.52. The Labute approximate surface area is 91.5 Å². The fraction of sp³-hybridized carbons (Fsp3) is 0.538. The molecule has 82 valence electrons. The summed E-state index contributed by atoms with van der Waals surface area (Å²) in [7, 11) is 4.08. The standard InChI is InChI=1S/C13H19NO/c1-10(15)13(8-9-13)11-4-6-12(7-5-11)14(2)3/h4-7,10,15H,8-9H2,1-3H3. The molecular weight excluding hydrogens is 186 g/mol. The molecular formula is C13H19NO. The lowest BCUT2D eigenvalue weighted by Gasteiger charge is -2.20. The van der Waals surface area contributed by atoms with Crippen molar-refractivity contribution < 1.29 is 5.11 Å². The Balaban J connectivity index is 2.24. The van der Waals surface area contributed by atoms with Gasteiger partial charge >= 0.3 is 0 Å². The van der Waals surface area contributed by atoms with Crippen LogP contribution in [0.3, 0.4) is 0 Å². The van der Waals surface area contributed by atoms with Gasteiger partial charge in [0, 0.05) is 25.2 Å². The van der Waals surface area contributed by atoms with Crippen molar-refractivity contribution >= 4 is 5.69 Å². The third kappa shape index (κ3) is 1.74. The van der Waals surface area contributed by atoms with E-state index in [0.29, 0.717) is 0 Å². The highest BCUT2D eigenvalue weighted by Crippen LogP contribution is 2.51. The van der Waals surface area contributed by atoms with Gasteiger partial charge in [-0.25, -0.2) is 0 Å². The molecule has 2 rings (SSSR count). The van der Waals surface area contributed by atoms with Crippen LogP contribution in [0.2, 0.25) is 0 Å². The third-order valence-corrected chi connectivity index (χ3v) is 3.55. The van der Waals surface area contributed by atoms with Crippen LogP contribution in [0.5, 0.6) is 0 Å². The van der Waals surface area contributed by atoms with E-state index in [9.17, 15) is 5.11 Å². The zero-order valence-corrected chi connectivity index (χ0v) is 9.70. The molecule has 1 aliphatic rings. The van der Waals surface area contributed by atoms with E-state index < -0.39 is 0 Å². The molecule has 0 amide bonds. The molecule has 0 radical (unpaired) electrons. The van der Waals surface area contributed by atoms with Gasteiger partial charge in [-0.1, -0.05) is 12.1 Å². The van der Waals surface area contributed by atoms with Crippen molar-refractivity contribution in [2.24, 2.45) is 0 Å². The van der Waals surface area contributed by atoms with Gasteiger partial charge in [-0.05, 0) is 37.5 Å². The summed E-state index contributed by atoms with van der Waals surface area (Å²) in [5.74, 6) is 0. The molecule has 1 aromatic carbocycles. The van der Waals surface area contributed by atoms with Gasteiger partial charge < -0.3 is 10.0 Å². The molecule has 1 N–H and O–H groups in total. The lowest BCUT2D eigenvalue weighted by Crippen LogP contribution is -2.22. The molecule has 1 unspecified atom stereocenters. The van der Waals surface area contributed by atoms with E-state index in [-0.39, 0.29) is 11.5 Å². The summed E-state index contributed by atoms with van der Waals surface area (Å²) < 4.78 is 0. The number of benzene rings is 1. The van der Waals surface area contributed by atoms with E-state index in [1.54, 1.807) is 0 Å². The second-order valence-corrected chi connectivity index (χ2v) is 4.77. The summed E-state index contributed by atoms with van der Waals surface area (Å²) in [4.78, 5) is 2.09. The molecule has 15 heavy (non-hydrogen) atoms. The first kappa shape index (κ1) is 10.5. The van der Waals surface area contributed by atoms with Gasteiger partial charge in [-0.15, -0.1) is 0 Å². The Kier molecular flexibility index (Phi) is 2.47. The lowest BCUT2D eigenvalue weighted by atomic mass is 9.91. The predicted octanol–water partition coefficient (Wildman–Crippen LogP) is 2.17. The molecule has 2 nitrogen and oxygen atoms in total. The van der Waals surface area contributed by atoms with Crippen molar-refractivity contribution in [3.8, 4) is 0 Å². The number of anilines is 1. The van der Waals surface area contributed by atoms with Crippen molar-refractivity contribution in [3.05, 3.63) is 29.8 Å². The molecule has 0 spiro atoms. The first-order chi connectivity index (χ1) is 7.06. The summed E-state index contributed by atoms with van der Waals surface area (Å²) in [5.41, 5.74) is 2.55. The summed E-state index contributed by atoms with van der Waals surface area (Å²) in [6.45, 7) is 1.90. The first-order valence-corrected chi connectivity index (χ1v) is 5.52. The average Bonchev–Trinajstić information content (AvgIpc) is 2.98. The summed E-state index contributed by atoms with van der Waals surface area (Å²) in [6, 6.07) is 8.54. The Morgan fingerprint density at radius 2 is 1.73 bits per heavy atom. The number of aliphatic hydroxyl groups is 1. The van der Waals surface area contributed by atoms with Gasteiger partial charge in [0.15, 0.2) is 0 Å². The van der Waals surface area contributed by atoms with Crippen molar-refractivity contribution in [1.82, 2.24) is 0 Å². The molecule has 1 atom stereocenters. The lowest BCUT2D eigenvalue weighted by molar-refractivity contribution is 0.150. The zero-order valence-electron chi connectivity index (χ0n) is 9.70. The quantitative estimate of drug-likeness (QED) is 0.817. The van der Waals surface area contributed by atoms with E-state index in [1.807, 2.05) is 21.0 Å². The van der Waals surface area contributed by atoms with Gasteiger partial charge in [0.05, 0.1) is 6.10 Å². The minimum atomic E-state index is -0.234. The van der Waals surface area contributed by atoms with Crippen LogP contribution in [-0.2, 0) is 5.41 Å². The van der Waals surface area contributed by atoms with Crippen LogP contribution in [0.15, 0.2) is 24.3 Å². The highest BCUT2D eigenvalue weighted by molar-refractivity contribution is 5.48. The van der Waals surface area contributed by atoms with Crippen LogP contribution < -0.4 is 4.90 Å². The number of hydrogen-bond donors (Lipinski definition) is 1. The van der Waals surface area contributed by atoms with Gasteiger partial charge in [0.25, 0.3) is 0 Å². The van der Waals surface area contributed by atoms with Gasteiger partial charge in [-0.2, -0.15) is 0 Å². The number of hydrogen-bond acceptors (Lipinski definition) is 2. The predicted molar refractivity (Wildman–Crippen MR) is 63.4 cm³/mol. The monoisotopic (exact) mass is 205 g/mol. The summed E-state index contributed by atoms with van der Waals surface area (Å²) in [5, 5.41) is 9.76. The van der Waals surface area contributed by atoms with E-state index in [2.05, 4.69) is 29.2 Å². The molecule has 1 saturated carbocycles. The zero-order chi connectivity index (χ0) is 11.1. The van der Waals surface area contributed by atoms with Crippen LogP contribution in [0.4, 0.5) is 5.69 Å². The SMILES string of the molecule is CC(O)C1(c2ccc(N(C)C)cc2)CC1. The van der Waals surface area contributed by atoms with Crippen LogP contribution in [0.1, 0.15) is 25.3 Å². The minimum absolute atomic E-state index is 0.0604. The fourth-order valence-corrected chi connectivity index (χ4v) is 2.17. The van der Waals surface area contributed by atoms with Crippen molar-refractivity contribution in [2.75, 3.05) is 19.0 Å². The van der Waals surface area contributed by atoms with Gasteiger partial charge in [-0.3, -0.25) is 0 Å². The van der Waals surface area contributed by atoms with Crippen molar-refractivity contribution in [3.63, 3.8) is 0 Å². The second kappa shape index (κ2) is 3.53. The van der Waals surface area contributed by atoms with Crippen molar-refractivity contribution in [2.45, 2.75) is 31.3 Å². The summed E-state index contributed by atoms with van der Waals surface area (Å²) in [6.07, 6.45) is 2.00. The molecule has 1 aromatic rings. The Morgan fingerprint density at radius 1 is 1.20 bits per heavy atom. The molecule has 1 aliphatic carbocycles. The topological polar surface area (TPSA) is 23.5 Å². The van der Waals surface area contributed by atoms with E-state index in [0.717, 1.165) is 12.8 Å². The Bertz CT molecular complexity index is 336. The maximum atomic E-state index is 9.76. The number of nitrogens with zero attached hydrogens (tertiary/aromatic N) is 1.